The summed E-state index contributed by atoms with van der Waals surface area (Å²) < 4.78 is 10.9. The molecule has 1 heterocycles. The molecule has 0 saturated heterocycles. The van der Waals surface area contributed by atoms with Crippen molar-refractivity contribution in [2.75, 3.05) is 7.11 Å². The van der Waals surface area contributed by atoms with Crippen molar-refractivity contribution >= 4 is 18.0 Å². The maximum atomic E-state index is 13.3. The molecule has 2 aromatic rings. The van der Waals surface area contributed by atoms with Crippen LogP contribution in [0.25, 0.3) is 6.08 Å². The van der Waals surface area contributed by atoms with Gasteiger partial charge in [-0.1, -0.05) is 43.2 Å². The fourth-order valence-corrected chi connectivity index (χ4v) is 4.26. The zero-order valence-electron chi connectivity index (χ0n) is 17.3. The Morgan fingerprint density at radius 3 is 2.43 bits per heavy atom. The van der Waals surface area contributed by atoms with Crippen LogP contribution in [-0.4, -0.2) is 29.9 Å². The molecule has 0 spiro atoms. The van der Waals surface area contributed by atoms with Crippen LogP contribution in [0.3, 0.4) is 0 Å². The van der Waals surface area contributed by atoms with Gasteiger partial charge in [0.25, 0.3) is 5.91 Å². The number of carbonyl (C=O) groups excluding carboxylic acids is 2. The molecule has 5 heteroatoms. The Balaban J connectivity index is 1.68. The van der Waals surface area contributed by atoms with E-state index in [1.54, 1.807) is 11.0 Å². The highest BCUT2D eigenvalue weighted by atomic mass is 16.5. The van der Waals surface area contributed by atoms with Crippen molar-refractivity contribution < 1.29 is 19.1 Å². The number of allylic oxidation sites excluding steroid dienone is 1. The Kier molecular flexibility index (Phi) is 5.70. The van der Waals surface area contributed by atoms with Crippen LogP contribution in [0, 0.1) is 0 Å². The lowest BCUT2D eigenvalue weighted by atomic mass is 10.0. The third-order valence-electron chi connectivity index (χ3n) is 5.67. The molecule has 1 aliphatic carbocycles. The minimum absolute atomic E-state index is 0.130. The topological polar surface area (TPSA) is 55.8 Å². The largest absolute Gasteiger partial charge is 0.465 e. The maximum Gasteiger partial charge on any atom is 0.340 e. The average Bonchev–Trinajstić information content (AvgIpc) is 3.35. The molecule has 1 fully saturated rings. The Morgan fingerprint density at radius 2 is 1.73 bits per heavy atom. The van der Waals surface area contributed by atoms with Crippen molar-refractivity contribution in [1.29, 1.82) is 0 Å². The first kappa shape index (κ1) is 20.0. The fraction of sp³-hybridized carbons (Fsp3) is 0.280. The summed E-state index contributed by atoms with van der Waals surface area (Å²) in [6, 6.07) is 17.1. The molecule has 0 aromatic heterocycles. The highest BCUT2D eigenvalue weighted by molar-refractivity contribution is 6.16. The van der Waals surface area contributed by atoms with E-state index in [9.17, 15) is 9.59 Å². The first-order valence-electron chi connectivity index (χ1n) is 10.3. The number of esters is 1. The zero-order chi connectivity index (χ0) is 21.1. The number of methoxy groups -OCH3 is 1. The van der Waals surface area contributed by atoms with Crippen LogP contribution in [0.1, 0.15) is 38.2 Å². The number of carbonyl (C=O) groups is 2. The Bertz CT molecular complexity index is 1020. The van der Waals surface area contributed by atoms with Gasteiger partial charge in [-0.3, -0.25) is 4.79 Å². The van der Waals surface area contributed by atoms with E-state index < -0.39 is 5.97 Å². The molecule has 1 saturated carbocycles. The van der Waals surface area contributed by atoms with Crippen LogP contribution in [0.2, 0.25) is 0 Å². The average molecular weight is 403 g/mol. The molecule has 0 atom stereocenters. The predicted octanol–water partition coefficient (Wildman–Crippen LogP) is 5.09. The van der Waals surface area contributed by atoms with Gasteiger partial charge in [0.2, 0.25) is 0 Å². The van der Waals surface area contributed by atoms with E-state index in [2.05, 4.69) is 0 Å². The van der Waals surface area contributed by atoms with Gasteiger partial charge in [-0.15, -0.1) is 0 Å². The van der Waals surface area contributed by atoms with Gasteiger partial charge >= 0.3 is 5.97 Å². The lowest BCUT2D eigenvalue weighted by Gasteiger charge is -2.25. The van der Waals surface area contributed by atoms with Gasteiger partial charge in [0.15, 0.2) is 0 Å². The van der Waals surface area contributed by atoms with Crippen molar-refractivity contribution in [3.05, 3.63) is 77.0 Å². The number of para-hydroxylation sites is 1. The van der Waals surface area contributed by atoms with Gasteiger partial charge < -0.3 is 14.4 Å². The lowest BCUT2D eigenvalue weighted by molar-refractivity contribution is -0.136. The second-order valence-corrected chi connectivity index (χ2v) is 7.61. The van der Waals surface area contributed by atoms with E-state index in [0.717, 1.165) is 37.0 Å². The molecule has 0 radical (unpaired) electrons. The summed E-state index contributed by atoms with van der Waals surface area (Å²) in [6.45, 7) is 1.83. The smallest absolute Gasteiger partial charge is 0.340 e. The Labute approximate surface area is 176 Å². The minimum Gasteiger partial charge on any atom is -0.465 e. The zero-order valence-corrected chi connectivity index (χ0v) is 17.3. The number of hydrogen-bond donors (Lipinski definition) is 0. The summed E-state index contributed by atoms with van der Waals surface area (Å²) in [7, 11) is 1.34. The summed E-state index contributed by atoms with van der Waals surface area (Å²) in [5.41, 5.74) is 2.20. The molecular formula is C25H25NO4. The van der Waals surface area contributed by atoms with Crippen molar-refractivity contribution in [2.45, 2.75) is 38.6 Å². The van der Waals surface area contributed by atoms with Crippen molar-refractivity contribution in [1.82, 2.24) is 4.90 Å². The van der Waals surface area contributed by atoms with Gasteiger partial charge in [0, 0.05) is 11.7 Å². The molecular weight excluding hydrogens is 378 g/mol. The third-order valence-corrected chi connectivity index (χ3v) is 5.67. The fourth-order valence-electron chi connectivity index (χ4n) is 4.26. The number of rotatable bonds is 5. The van der Waals surface area contributed by atoms with Crippen LogP contribution >= 0.6 is 0 Å². The van der Waals surface area contributed by atoms with Crippen LogP contribution in [-0.2, 0) is 14.3 Å². The normalized spacial score (nSPS) is 18.4. The van der Waals surface area contributed by atoms with Crippen LogP contribution in [0.4, 0.5) is 0 Å². The summed E-state index contributed by atoms with van der Waals surface area (Å²) in [5, 5.41) is 0. The van der Waals surface area contributed by atoms with Gasteiger partial charge in [0.05, 0.1) is 18.3 Å². The first-order chi connectivity index (χ1) is 14.6. The summed E-state index contributed by atoms with van der Waals surface area (Å²) in [6.07, 6.45) is 5.89. The van der Waals surface area contributed by atoms with Crippen molar-refractivity contribution in [2.24, 2.45) is 0 Å². The Morgan fingerprint density at radius 1 is 1.03 bits per heavy atom. The minimum atomic E-state index is -0.482. The van der Waals surface area contributed by atoms with E-state index in [-0.39, 0.29) is 11.9 Å². The molecule has 2 aliphatic rings. The summed E-state index contributed by atoms with van der Waals surface area (Å²) in [5.74, 6) is 0.782. The van der Waals surface area contributed by atoms with Crippen molar-refractivity contribution in [3.63, 3.8) is 0 Å². The van der Waals surface area contributed by atoms with Crippen LogP contribution in [0.5, 0.6) is 11.5 Å². The molecule has 0 bridgehead atoms. The molecule has 30 heavy (non-hydrogen) atoms. The molecule has 0 unspecified atom stereocenters. The van der Waals surface area contributed by atoms with E-state index in [0.29, 0.717) is 22.6 Å². The second kappa shape index (κ2) is 8.57. The molecule has 1 aliphatic heterocycles. The lowest BCUT2D eigenvalue weighted by Crippen LogP contribution is -2.34. The number of ether oxygens (including phenoxy) is 2. The standard InChI is InChI=1S/C25H25NO4/c1-17-23(25(28)29-2)22(24(27)26(17)19-10-6-7-11-19)16-18-9-8-14-21(15-18)30-20-12-4-3-5-13-20/h3-5,8-9,12-16,19H,6-7,10-11H2,1-2H3. The van der Waals surface area contributed by atoms with E-state index >= 15 is 0 Å². The highest BCUT2D eigenvalue weighted by Gasteiger charge is 2.41. The molecule has 5 nitrogen and oxygen atoms in total. The van der Waals surface area contributed by atoms with Crippen LogP contribution < -0.4 is 4.74 Å². The van der Waals surface area contributed by atoms with E-state index in [1.165, 1.54) is 7.11 Å². The quantitative estimate of drug-likeness (QED) is 0.515. The van der Waals surface area contributed by atoms with Crippen molar-refractivity contribution in [3.8, 4) is 11.5 Å². The van der Waals surface area contributed by atoms with Crippen LogP contribution in [0.15, 0.2) is 71.4 Å². The van der Waals surface area contributed by atoms with Gasteiger partial charge in [0.1, 0.15) is 11.5 Å². The third kappa shape index (κ3) is 3.88. The molecule has 1 amide bonds. The first-order valence-corrected chi connectivity index (χ1v) is 10.3. The monoisotopic (exact) mass is 403 g/mol. The number of nitrogens with zero attached hydrogens (tertiary/aromatic N) is 1. The van der Waals surface area contributed by atoms with Gasteiger partial charge in [-0.2, -0.15) is 0 Å². The summed E-state index contributed by atoms with van der Waals surface area (Å²) >= 11 is 0. The maximum absolute atomic E-state index is 13.3. The molecule has 154 valence electrons. The highest BCUT2D eigenvalue weighted by Crippen LogP contribution is 2.37. The SMILES string of the molecule is COC(=O)C1=C(C)N(C2CCCC2)C(=O)C1=Cc1cccc(Oc2ccccc2)c1. The van der Waals surface area contributed by atoms with Gasteiger partial charge in [-0.05, 0) is 55.7 Å². The number of hydrogen-bond acceptors (Lipinski definition) is 4. The Hall–Kier alpha value is -3.34. The van der Waals surface area contributed by atoms with E-state index in [4.69, 9.17) is 9.47 Å². The van der Waals surface area contributed by atoms with E-state index in [1.807, 2.05) is 61.5 Å². The second-order valence-electron chi connectivity index (χ2n) is 7.61. The molecule has 0 N–H and O–H groups in total. The molecule has 2 aromatic carbocycles. The summed E-state index contributed by atoms with van der Waals surface area (Å²) in [4.78, 5) is 27.6. The number of benzene rings is 2. The molecule has 4 rings (SSSR count). The van der Waals surface area contributed by atoms with Gasteiger partial charge in [-0.25, -0.2) is 4.79 Å². The number of amides is 1. The predicted molar refractivity (Wildman–Crippen MR) is 115 cm³/mol.